The van der Waals surface area contributed by atoms with Gasteiger partial charge in [0.25, 0.3) is 0 Å². The molecule has 18 heavy (non-hydrogen) atoms. The zero-order chi connectivity index (χ0) is 13.4. The fraction of sp³-hybridized carbons (Fsp3) is 0.833. The summed E-state index contributed by atoms with van der Waals surface area (Å²) in [6.07, 6.45) is 2.16. The maximum Gasteiger partial charge on any atom is 0.311 e. The smallest absolute Gasteiger partial charge is 0.311 e. The molecule has 2 atom stereocenters. The van der Waals surface area contributed by atoms with E-state index in [1.807, 2.05) is 0 Å². The molecular weight excluding hydrogens is 236 g/mol. The molecule has 0 aromatic heterocycles. The number of carbonyl (C=O) groups is 2. The summed E-state index contributed by atoms with van der Waals surface area (Å²) in [4.78, 5) is 23.3. The minimum atomic E-state index is -0.828. The van der Waals surface area contributed by atoms with E-state index in [4.69, 9.17) is 10.5 Å². The zero-order valence-electron chi connectivity index (χ0n) is 10.6. The van der Waals surface area contributed by atoms with Crippen molar-refractivity contribution < 1.29 is 19.4 Å². The standard InChI is InChI=1S/C12H20N2O4/c1-11(7-18-5-8(11)13)9(15)14-6-12(10(16)17)3-2-4-12/h8H,2-7,13H2,1H3,(H,14,15)(H,16,17). The monoisotopic (exact) mass is 256 g/mol. The normalized spacial score (nSPS) is 33.8. The Kier molecular flexibility index (Phi) is 3.33. The third-order valence-corrected chi connectivity index (χ3v) is 4.39. The third kappa shape index (κ3) is 1.99. The van der Waals surface area contributed by atoms with Gasteiger partial charge in [0, 0.05) is 12.6 Å². The summed E-state index contributed by atoms with van der Waals surface area (Å²) in [6.45, 7) is 2.60. The van der Waals surface area contributed by atoms with Gasteiger partial charge in [-0.25, -0.2) is 0 Å². The molecule has 1 saturated heterocycles. The predicted molar refractivity (Wildman–Crippen MR) is 63.8 cm³/mol. The topological polar surface area (TPSA) is 102 Å². The highest BCUT2D eigenvalue weighted by Gasteiger charge is 2.48. The van der Waals surface area contributed by atoms with Gasteiger partial charge in [-0.3, -0.25) is 9.59 Å². The van der Waals surface area contributed by atoms with E-state index in [2.05, 4.69) is 5.32 Å². The number of amides is 1. The molecule has 0 aromatic carbocycles. The van der Waals surface area contributed by atoms with Crippen molar-refractivity contribution in [2.24, 2.45) is 16.6 Å². The Morgan fingerprint density at radius 1 is 1.50 bits per heavy atom. The third-order valence-electron chi connectivity index (χ3n) is 4.39. The summed E-state index contributed by atoms with van der Waals surface area (Å²) in [7, 11) is 0. The Hall–Kier alpha value is -1.14. The molecule has 1 aliphatic heterocycles. The minimum absolute atomic E-state index is 0.184. The number of carboxylic acids is 1. The molecule has 2 aliphatic rings. The van der Waals surface area contributed by atoms with Gasteiger partial charge in [-0.15, -0.1) is 0 Å². The summed E-state index contributed by atoms with van der Waals surface area (Å²) >= 11 is 0. The first kappa shape index (κ1) is 13.3. The van der Waals surface area contributed by atoms with Gasteiger partial charge in [-0.2, -0.15) is 0 Å². The van der Waals surface area contributed by atoms with Gasteiger partial charge < -0.3 is 20.9 Å². The summed E-state index contributed by atoms with van der Waals surface area (Å²) in [5, 5.41) is 11.9. The number of carbonyl (C=O) groups excluding carboxylic acids is 1. The highest BCUT2D eigenvalue weighted by Crippen LogP contribution is 2.40. The van der Waals surface area contributed by atoms with Gasteiger partial charge in [0.1, 0.15) is 0 Å². The van der Waals surface area contributed by atoms with Crippen LogP contribution in [0, 0.1) is 10.8 Å². The largest absolute Gasteiger partial charge is 0.481 e. The Morgan fingerprint density at radius 3 is 2.56 bits per heavy atom. The average molecular weight is 256 g/mol. The van der Waals surface area contributed by atoms with Crippen LogP contribution in [-0.2, 0) is 14.3 Å². The molecule has 6 heteroatoms. The summed E-state index contributed by atoms with van der Waals surface area (Å²) in [5.74, 6) is -1.04. The van der Waals surface area contributed by atoms with Crippen molar-refractivity contribution in [3.8, 4) is 0 Å². The van der Waals surface area contributed by atoms with Gasteiger partial charge in [0.05, 0.1) is 24.0 Å². The first-order valence-electron chi connectivity index (χ1n) is 6.26. The van der Waals surface area contributed by atoms with E-state index in [-0.39, 0.29) is 18.5 Å². The van der Waals surface area contributed by atoms with Crippen LogP contribution in [0.5, 0.6) is 0 Å². The SMILES string of the molecule is CC1(C(=O)NCC2(C(=O)O)CCC2)COCC1N. The van der Waals surface area contributed by atoms with Crippen molar-refractivity contribution in [3.05, 3.63) is 0 Å². The lowest BCUT2D eigenvalue weighted by Crippen LogP contribution is -2.54. The molecule has 2 unspecified atom stereocenters. The Bertz CT molecular complexity index is 367. The molecule has 0 aromatic rings. The van der Waals surface area contributed by atoms with Gasteiger partial charge in [0.2, 0.25) is 5.91 Å². The fourth-order valence-corrected chi connectivity index (χ4v) is 2.44. The van der Waals surface area contributed by atoms with Crippen molar-refractivity contribution in [2.75, 3.05) is 19.8 Å². The minimum Gasteiger partial charge on any atom is -0.481 e. The summed E-state index contributed by atoms with van der Waals surface area (Å²) in [6, 6.07) is -0.334. The van der Waals surface area contributed by atoms with Crippen molar-refractivity contribution in [1.82, 2.24) is 5.32 Å². The van der Waals surface area contributed by atoms with Crippen LogP contribution in [0.4, 0.5) is 0 Å². The van der Waals surface area contributed by atoms with Gasteiger partial charge in [-0.05, 0) is 19.8 Å². The molecule has 1 aliphatic carbocycles. The van der Waals surface area contributed by atoms with Crippen molar-refractivity contribution in [1.29, 1.82) is 0 Å². The maximum atomic E-state index is 12.1. The van der Waals surface area contributed by atoms with Crippen molar-refractivity contribution in [3.63, 3.8) is 0 Å². The fourth-order valence-electron chi connectivity index (χ4n) is 2.44. The molecule has 0 radical (unpaired) electrons. The molecule has 1 heterocycles. The first-order valence-corrected chi connectivity index (χ1v) is 6.26. The van der Waals surface area contributed by atoms with Crippen LogP contribution in [0.25, 0.3) is 0 Å². The highest BCUT2D eigenvalue weighted by molar-refractivity contribution is 5.84. The van der Waals surface area contributed by atoms with Crippen LogP contribution in [0.2, 0.25) is 0 Å². The van der Waals surface area contributed by atoms with E-state index in [1.54, 1.807) is 6.92 Å². The lowest BCUT2D eigenvalue weighted by Gasteiger charge is -2.38. The van der Waals surface area contributed by atoms with Crippen LogP contribution >= 0.6 is 0 Å². The number of nitrogens with one attached hydrogen (secondary N) is 1. The van der Waals surface area contributed by atoms with Crippen LogP contribution in [0.15, 0.2) is 0 Å². The molecule has 102 valence electrons. The lowest BCUT2D eigenvalue weighted by molar-refractivity contribution is -0.154. The maximum absolute atomic E-state index is 12.1. The number of carboxylic acid groups (broad SMARTS) is 1. The molecule has 1 amide bonds. The van der Waals surface area contributed by atoms with Crippen LogP contribution in [-0.4, -0.2) is 42.8 Å². The lowest BCUT2D eigenvalue weighted by atomic mass is 9.68. The zero-order valence-corrected chi connectivity index (χ0v) is 10.6. The Morgan fingerprint density at radius 2 is 2.17 bits per heavy atom. The predicted octanol–water partition coefficient (Wildman–Crippen LogP) is -0.279. The van der Waals surface area contributed by atoms with E-state index in [0.717, 1.165) is 6.42 Å². The van der Waals surface area contributed by atoms with E-state index < -0.39 is 16.8 Å². The quantitative estimate of drug-likeness (QED) is 0.642. The first-order chi connectivity index (χ1) is 8.41. The number of nitrogens with two attached hydrogens (primary N) is 1. The molecule has 4 N–H and O–H groups in total. The number of ether oxygens (including phenoxy) is 1. The highest BCUT2D eigenvalue weighted by atomic mass is 16.5. The summed E-state index contributed by atoms with van der Waals surface area (Å²) in [5.41, 5.74) is 4.34. The Balaban J connectivity index is 1.94. The van der Waals surface area contributed by atoms with E-state index in [9.17, 15) is 14.7 Å². The van der Waals surface area contributed by atoms with Crippen molar-refractivity contribution in [2.45, 2.75) is 32.2 Å². The second kappa shape index (κ2) is 4.51. The number of aliphatic carboxylic acids is 1. The molecule has 0 bridgehead atoms. The molecule has 1 saturated carbocycles. The average Bonchev–Trinajstić information content (AvgIpc) is 2.58. The van der Waals surface area contributed by atoms with Crippen LogP contribution in [0.1, 0.15) is 26.2 Å². The van der Waals surface area contributed by atoms with Crippen molar-refractivity contribution >= 4 is 11.9 Å². The number of hydrogen-bond acceptors (Lipinski definition) is 4. The molecular formula is C12H20N2O4. The van der Waals surface area contributed by atoms with Crippen LogP contribution in [0.3, 0.4) is 0 Å². The van der Waals surface area contributed by atoms with E-state index >= 15 is 0 Å². The number of rotatable bonds is 4. The second-order valence-electron chi connectivity index (χ2n) is 5.66. The molecule has 2 rings (SSSR count). The van der Waals surface area contributed by atoms with Crippen LogP contribution < -0.4 is 11.1 Å². The molecule has 6 nitrogen and oxygen atoms in total. The molecule has 0 spiro atoms. The number of hydrogen-bond donors (Lipinski definition) is 3. The van der Waals surface area contributed by atoms with E-state index in [0.29, 0.717) is 26.1 Å². The van der Waals surface area contributed by atoms with E-state index in [1.165, 1.54) is 0 Å². The second-order valence-corrected chi connectivity index (χ2v) is 5.66. The van der Waals surface area contributed by atoms with Gasteiger partial charge >= 0.3 is 5.97 Å². The summed E-state index contributed by atoms with van der Waals surface area (Å²) < 4.78 is 5.21. The van der Waals surface area contributed by atoms with Gasteiger partial charge in [0.15, 0.2) is 0 Å². The Labute approximate surface area is 106 Å². The molecule has 2 fully saturated rings. The van der Waals surface area contributed by atoms with Gasteiger partial charge in [-0.1, -0.05) is 6.42 Å².